The monoisotopic (exact) mass is 374 g/mol. The van der Waals surface area contributed by atoms with E-state index in [2.05, 4.69) is 5.32 Å². The molecule has 6 heteroatoms. The molecule has 1 amide bonds. The average molecular weight is 375 g/mol. The molecule has 1 unspecified atom stereocenters. The highest BCUT2D eigenvalue weighted by Crippen LogP contribution is 2.17. The van der Waals surface area contributed by atoms with Crippen molar-refractivity contribution in [2.75, 3.05) is 7.05 Å². The maximum atomic E-state index is 12.6. The fraction of sp³-hybridized carbons (Fsp3) is 0.350. The number of carbonyl (C=O) groups is 1. The van der Waals surface area contributed by atoms with Crippen molar-refractivity contribution in [2.24, 2.45) is 0 Å². The van der Waals surface area contributed by atoms with E-state index >= 15 is 0 Å². The molecule has 0 bridgehead atoms. The molecule has 140 valence electrons. The van der Waals surface area contributed by atoms with E-state index in [-0.39, 0.29) is 23.4 Å². The van der Waals surface area contributed by atoms with Crippen molar-refractivity contribution in [1.29, 1.82) is 0 Å². The zero-order chi connectivity index (χ0) is 19.3. The van der Waals surface area contributed by atoms with Gasteiger partial charge in [-0.15, -0.1) is 0 Å². The van der Waals surface area contributed by atoms with Gasteiger partial charge in [0.25, 0.3) is 5.91 Å². The number of rotatable bonds is 7. The molecule has 26 heavy (non-hydrogen) atoms. The Labute approximate surface area is 156 Å². The quantitative estimate of drug-likeness (QED) is 0.808. The molecule has 0 aliphatic heterocycles. The molecule has 0 heterocycles. The van der Waals surface area contributed by atoms with E-state index in [1.54, 1.807) is 55.6 Å². The lowest BCUT2D eigenvalue weighted by Gasteiger charge is -2.18. The first kappa shape index (κ1) is 20.1. The van der Waals surface area contributed by atoms with Crippen LogP contribution in [0.15, 0.2) is 53.4 Å². The van der Waals surface area contributed by atoms with Crippen LogP contribution in [-0.2, 0) is 16.6 Å². The molecular formula is C20H26N2O3S. The number of hydrogen-bond donors (Lipinski definition) is 1. The fourth-order valence-corrected chi connectivity index (χ4v) is 3.56. The Hall–Kier alpha value is -2.18. The summed E-state index contributed by atoms with van der Waals surface area (Å²) in [6.07, 6.45) is 0.867. The van der Waals surface area contributed by atoms with Crippen LogP contribution in [0.4, 0.5) is 0 Å². The fourth-order valence-electron chi connectivity index (χ4n) is 2.40. The van der Waals surface area contributed by atoms with Crippen LogP contribution in [0.5, 0.6) is 0 Å². The predicted molar refractivity (Wildman–Crippen MR) is 103 cm³/mol. The van der Waals surface area contributed by atoms with Gasteiger partial charge in [0.15, 0.2) is 0 Å². The molecule has 1 atom stereocenters. The summed E-state index contributed by atoms with van der Waals surface area (Å²) < 4.78 is 26.6. The third-order valence-electron chi connectivity index (χ3n) is 4.34. The Kier molecular flexibility index (Phi) is 6.56. The van der Waals surface area contributed by atoms with Gasteiger partial charge in [-0.3, -0.25) is 4.79 Å². The van der Waals surface area contributed by atoms with Crippen molar-refractivity contribution in [1.82, 2.24) is 9.62 Å². The van der Waals surface area contributed by atoms with Crippen LogP contribution in [0.25, 0.3) is 0 Å². The van der Waals surface area contributed by atoms with Gasteiger partial charge in [-0.25, -0.2) is 8.42 Å². The molecule has 0 spiro atoms. The third-order valence-corrected chi connectivity index (χ3v) is 6.16. The van der Waals surface area contributed by atoms with Crippen molar-refractivity contribution < 1.29 is 13.2 Å². The number of benzene rings is 2. The first-order valence-electron chi connectivity index (χ1n) is 8.67. The second kappa shape index (κ2) is 8.47. The minimum atomic E-state index is -3.55. The van der Waals surface area contributed by atoms with Crippen LogP contribution in [0, 0.1) is 6.92 Å². The molecule has 0 saturated heterocycles. The number of nitrogens with zero attached hydrogens (tertiary/aromatic N) is 1. The highest BCUT2D eigenvalue weighted by Gasteiger charge is 2.20. The highest BCUT2D eigenvalue weighted by atomic mass is 32.2. The van der Waals surface area contributed by atoms with E-state index in [9.17, 15) is 13.2 Å². The summed E-state index contributed by atoms with van der Waals surface area (Å²) in [7, 11) is -1.99. The van der Waals surface area contributed by atoms with Crippen molar-refractivity contribution in [3.63, 3.8) is 0 Å². The van der Waals surface area contributed by atoms with Crippen LogP contribution in [0.2, 0.25) is 0 Å². The molecule has 0 aromatic heterocycles. The normalized spacial score (nSPS) is 12.8. The molecule has 0 aliphatic rings. The van der Waals surface area contributed by atoms with E-state index in [1.807, 2.05) is 20.8 Å². The molecule has 2 aromatic carbocycles. The molecule has 2 rings (SSSR count). The molecule has 0 saturated carbocycles. The lowest BCUT2D eigenvalue weighted by molar-refractivity contribution is 0.0939. The standard InChI is InChI=1S/C20H26N2O3S/c1-5-16(3)21-20(23)18-10-8-17(9-11-18)14-22(4)26(24,25)19-12-6-15(2)7-13-19/h6-13,16H,5,14H2,1-4H3,(H,21,23). The van der Waals surface area contributed by atoms with Crippen LogP contribution in [-0.4, -0.2) is 31.7 Å². The van der Waals surface area contributed by atoms with Crippen LogP contribution < -0.4 is 5.32 Å². The largest absolute Gasteiger partial charge is 0.350 e. The minimum absolute atomic E-state index is 0.118. The van der Waals surface area contributed by atoms with Crippen LogP contribution in [0.3, 0.4) is 0 Å². The van der Waals surface area contributed by atoms with Crippen molar-refractivity contribution in [3.8, 4) is 0 Å². The summed E-state index contributed by atoms with van der Waals surface area (Å²) in [6, 6.07) is 13.9. The lowest BCUT2D eigenvalue weighted by atomic mass is 10.1. The topological polar surface area (TPSA) is 66.5 Å². The number of sulfonamides is 1. The Balaban J connectivity index is 2.08. The maximum Gasteiger partial charge on any atom is 0.251 e. The second-order valence-corrected chi connectivity index (χ2v) is 8.60. The number of nitrogens with one attached hydrogen (secondary N) is 1. The Bertz CT molecular complexity index is 844. The van der Waals surface area contributed by atoms with E-state index in [1.165, 1.54) is 4.31 Å². The van der Waals surface area contributed by atoms with E-state index in [4.69, 9.17) is 0 Å². The summed E-state index contributed by atoms with van der Waals surface area (Å²) in [5, 5.41) is 2.91. The molecule has 0 fully saturated rings. The summed E-state index contributed by atoms with van der Waals surface area (Å²) in [5.41, 5.74) is 2.40. The molecule has 5 nitrogen and oxygen atoms in total. The molecular weight excluding hydrogens is 348 g/mol. The maximum absolute atomic E-state index is 12.6. The summed E-state index contributed by atoms with van der Waals surface area (Å²) in [6.45, 7) is 6.12. The Morgan fingerprint density at radius 3 is 2.19 bits per heavy atom. The van der Waals surface area contributed by atoms with Gasteiger partial charge in [0.2, 0.25) is 10.0 Å². The number of amides is 1. The smallest absolute Gasteiger partial charge is 0.251 e. The zero-order valence-electron chi connectivity index (χ0n) is 15.7. The van der Waals surface area contributed by atoms with Crippen molar-refractivity contribution >= 4 is 15.9 Å². The summed E-state index contributed by atoms with van der Waals surface area (Å²) in [5.74, 6) is -0.119. The van der Waals surface area contributed by atoms with Gasteiger partial charge < -0.3 is 5.32 Å². The number of hydrogen-bond acceptors (Lipinski definition) is 3. The van der Waals surface area contributed by atoms with E-state index in [0.717, 1.165) is 17.5 Å². The van der Waals surface area contributed by atoms with Gasteiger partial charge >= 0.3 is 0 Å². The second-order valence-electron chi connectivity index (χ2n) is 6.55. The van der Waals surface area contributed by atoms with Crippen LogP contribution >= 0.6 is 0 Å². The van der Waals surface area contributed by atoms with E-state index in [0.29, 0.717) is 5.56 Å². The number of aryl methyl sites for hydroxylation is 1. The molecule has 0 aliphatic carbocycles. The first-order chi connectivity index (χ1) is 12.2. The van der Waals surface area contributed by atoms with Gasteiger partial charge in [-0.05, 0) is 50.1 Å². The number of carbonyl (C=O) groups excluding carboxylic acids is 1. The third kappa shape index (κ3) is 4.93. The summed E-state index contributed by atoms with van der Waals surface area (Å²) >= 11 is 0. The van der Waals surface area contributed by atoms with Gasteiger partial charge in [-0.1, -0.05) is 36.8 Å². The van der Waals surface area contributed by atoms with Gasteiger partial charge in [-0.2, -0.15) is 4.31 Å². The molecule has 0 radical (unpaired) electrons. The Morgan fingerprint density at radius 1 is 1.08 bits per heavy atom. The molecule has 1 N–H and O–H groups in total. The highest BCUT2D eigenvalue weighted by molar-refractivity contribution is 7.89. The minimum Gasteiger partial charge on any atom is -0.350 e. The van der Waals surface area contributed by atoms with Crippen LogP contribution in [0.1, 0.15) is 41.8 Å². The SMILES string of the molecule is CCC(C)NC(=O)c1ccc(CN(C)S(=O)(=O)c2ccc(C)cc2)cc1. The summed E-state index contributed by atoms with van der Waals surface area (Å²) in [4.78, 5) is 12.4. The lowest BCUT2D eigenvalue weighted by Crippen LogP contribution is -2.31. The zero-order valence-corrected chi connectivity index (χ0v) is 16.5. The van der Waals surface area contributed by atoms with Gasteiger partial charge in [0.05, 0.1) is 4.90 Å². The van der Waals surface area contributed by atoms with Crippen molar-refractivity contribution in [2.45, 2.75) is 44.7 Å². The van der Waals surface area contributed by atoms with Crippen molar-refractivity contribution in [3.05, 3.63) is 65.2 Å². The predicted octanol–water partition coefficient (Wildman–Crippen LogP) is 3.34. The van der Waals surface area contributed by atoms with E-state index < -0.39 is 10.0 Å². The van der Waals surface area contributed by atoms with Gasteiger partial charge in [0.1, 0.15) is 0 Å². The molecule has 2 aromatic rings. The average Bonchev–Trinajstić information content (AvgIpc) is 2.62. The Morgan fingerprint density at radius 2 is 1.65 bits per heavy atom. The van der Waals surface area contributed by atoms with Gasteiger partial charge in [0, 0.05) is 25.2 Å². The first-order valence-corrected chi connectivity index (χ1v) is 10.1.